The minimum atomic E-state index is 0.0373. The lowest BCUT2D eigenvalue weighted by Gasteiger charge is -2.30. The van der Waals surface area contributed by atoms with Crippen LogP contribution in [0.25, 0.3) is 11.4 Å². The minimum Gasteiger partial charge on any atom is -0.352 e. The van der Waals surface area contributed by atoms with Gasteiger partial charge in [-0.15, -0.1) is 0 Å². The van der Waals surface area contributed by atoms with Crippen LogP contribution in [0.3, 0.4) is 0 Å². The molecule has 1 aliphatic heterocycles. The van der Waals surface area contributed by atoms with Crippen molar-refractivity contribution in [1.82, 2.24) is 29.9 Å². The summed E-state index contributed by atoms with van der Waals surface area (Å²) in [7, 11) is 0. The number of carbonyl (C=O) groups excluding carboxylic acids is 1. The van der Waals surface area contributed by atoms with Crippen LogP contribution in [-0.4, -0.2) is 43.6 Å². The molecule has 0 radical (unpaired) electrons. The third-order valence-corrected chi connectivity index (χ3v) is 6.83. The number of amides is 1. The van der Waals surface area contributed by atoms with Gasteiger partial charge in [0, 0.05) is 37.0 Å². The Hall–Kier alpha value is -3.78. The Morgan fingerprint density at radius 2 is 1.83 bits per heavy atom. The maximum Gasteiger partial charge on any atom is 0.241 e. The lowest BCUT2D eigenvalue weighted by atomic mass is 9.96. The van der Waals surface area contributed by atoms with E-state index < -0.39 is 0 Å². The summed E-state index contributed by atoms with van der Waals surface area (Å²) in [6, 6.07) is 16.5. The van der Waals surface area contributed by atoms with Crippen LogP contribution < -0.4 is 5.32 Å². The van der Waals surface area contributed by atoms with Gasteiger partial charge in [-0.1, -0.05) is 53.2 Å². The highest BCUT2D eigenvalue weighted by Crippen LogP contribution is 2.21. The van der Waals surface area contributed by atoms with Gasteiger partial charge >= 0.3 is 0 Å². The quantitative estimate of drug-likeness (QED) is 0.405. The summed E-state index contributed by atoms with van der Waals surface area (Å²) in [6.07, 6.45) is 5.46. The van der Waals surface area contributed by atoms with Crippen LogP contribution in [0.2, 0.25) is 0 Å². The molecule has 8 nitrogen and oxygen atoms in total. The molecular weight excluding hydrogens is 452 g/mol. The normalized spacial score (nSPS) is 14.7. The minimum absolute atomic E-state index is 0.0373. The highest BCUT2D eigenvalue weighted by atomic mass is 16.5. The van der Waals surface area contributed by atoms with Gasteiger partial charge in [0.05, 0.1) is 6.54 Å². The summed E-state index contributed by atoms with van der Waals surface area (Å²) < 4.78 is 7.60. The van der Waals surface area contributed by atoms with Gasteiger partial charge in [-0.25, -0.2) is 4.98 Å². The number of imidazole rings is 1. The summed E-state index contributed by atoms with van der Waals surface area (Å²) in [6.45, 7) is 7.68. The molecule has 186 valence electrons. The van der Waals surface area contributed by atoms with Crippen LogP contribution in [-0.2, 0) is 24.4 Å². The zero-order chi connectivity index (χ0) is 24.9. The van der Waals surface area contributed by atoms with E-state index in [1.165, 1.54) is 5.56 Å². The molecule has 2 aromatic heterocycles. The van der Waals surface area contributed by atoms with Gasteiger partial charge in [-0.2, -0.15) is 4.98 Å². The average molecular weight is 485 g/mol. The van der Waals surface area contributed by atoms with E-state index in [4.69, 9.17) is 4.52 Å². The number of hydrogen-bond acceptors (Lipinski definition) is 6. The van der Waals surface area contributed by atoms with Crippen molar-refractivity contribution in [2.24, 2.45) is 5.92 Å². The number of benzene rings is 2. The first-order valence-corrected chi connectivity index (χ1v) is 12.5. The first-order chi connectivity index (χ1) is 17.5. The molecule has 0 saturated carbocycles. The van der Waals surface area contributed by atoms with E-state index in [1.54, 1.807) is 0 Å². The van der Waals surface area contributed by atoms with Gasteiger partial charge in [0.15, 0.2) is 0 Å². The van der Waals surface area contributed by atoms with E-state index in [9.17, 15) is 4.79 Å². The second-order valence-corrected chi connectivity index (χ2v) is 9.57. The second-order valence-electron chi connectivity index (χ2n) is 9.57. The molecule has 36 heavy (non-hydrogen) atoms. The van der Waals surface area contributed by atoms with Crippen LogP contribution >= 0.6 is 0 Å². The zero-order valence-corrected chi connectivity index (χ0v) is 20.9. The molecule has 8 heteroatoms. The fourth-order valence-corrected chi connectivity index (χ4v) is 4.63. The molecule has 0 spiro atoms. The summed E-state index contributed by atoms with van der Waals surface area (Å²) in [5.74, 6) is 2.40. The molecule has 0 unspecified atom stereocenters. The monoisotopic (exact) mass is 484 g/mol. The molecule has 0 aliphatic carbocycles. The van der Waals surface area contributed by atoms with Crippen molar-refractivity contribution in [3.05, 3.63) is 89.3 Å². The van der Waals surface area contributed by atoms with Crippen LogP contribution in [0.15, 0.2) is 65.4 Å². The number of hydrogen-bond donors (Lipinski definition) is 1. The first kappa shape index (κ1) is 23.9. The molecule has 1 N–H and O–H groups in total. The molecule has 1 saturated heterocycles. The Morgan fingerprint density at radius 1 is 1.06 bits per heavy atom. The van der Waals surface area contributed by atoms with Gasteiger partial charge in [-0.05, 0) is 57.0 Å². The van der Waals surface area contributed by atoms with Crippen LogP contribution in [0, 0.1) is 19.8 Å². The Labute approximate surface area is 211 Å². The Bertz CT molecular complexity index is 1300. The number of aromatic nitrogens is 4. The number of rotatable bonds is 8. The van der Waals surface area contributed by atoms with Crippen molar-refractivity contribution < 1.29 is 9.32 Å². The largest absolute Gasteiger partial charge is 0.352 e. The molecule has 1 fully saturated rings. The number of aryl methyl sites for hydroxylation is 2. The molecule has 2 aromatic carbocycles. The maximum atomic E-state index is 12.8. The predicted molar refractivity (Wildman–Crippen MR) is 137 cm³/mol. The fourth-order valence-electron chi connectivity index (χ4n) is 4.63. The topological polar surface area (TPSA) is 89.1 Å². The van der Waals surface area contributed by atoms with Crippen LogP contribution in [0.4, 0.5) is 0 Å². The van der Waals surface area contributed by atoms with E-state index in [0.717, 1.165) is 55.0 Å². The third-order valence-electron chi connectivity index (χ3n) is 6.83. The van der Waals surface area contributed by atoms with Crippen molar-refractivity contribution in [2.45, 2.75) is 46.3 Å². The van der Waals surface area contributed by atoms with E-state index in [2.05, 4.69) is 60.2 Å². The van der Waals surface area contributed by atoms with E-state index >= 15 is 0 Å². The summed E-state index contributed by atoms with van der Waals surface area (Å²) >= 11 is 0. The van der Waals surface area contributed by atoms with E-state index in [0.29, 0.717) is 24.8 Å². The predicted octanol–water partition coefficient (Wildman–Crippen LogP) is 4.13. The molecular formula is C28H32N6O2. The Balaban J connectivity index is 1.06. The van der Waals surface area contributed by atoms with Crippen molar-refractivity contribution in [1.29, 1.82) is 0 Å². The smallest absolute Gasteiger partial charge is 0.241 e. The molecule has 5 rings (SSSR count). The molecule has 1 aliphatic rings. The molecule has 4 aromatic rings. The number of nitrogens with one attached hydrogen (secondary N) is 1. The molecule has 1 amide bonds. The lowest BCUT2D eigenvalue weighted by molar-refractivity contribution is -0.126. The number of carbonyl (C=O) groups is 1. The van der Waals surface area contributed by atoms with Gasteiger partial charge < -0.3 is 14.4 Å². The Morgan fingerprint density at radius 3 is 2.56 bits per heavy atom. The van der Waals surface area contributed by atoms with Crippen molar-refractivity contribution in [2.75, 3.05) is 13.1 Å². The van der Waals surface area contributed by atoms with E-state index in [-0.39, 0.29) is 11.8 Å². The first-order valence-electron chi connectivity index (χ1n) is 12.5. The maximum absolute atomic E-state index is 12.8. The van der Waals surface area contributed by atoms with Gasteiger partial charge in [0.2, 0.25) is 17.6 Å². The number of likely N-dealkylation sites (tertiary alicyclic amines) is 1. The van der Waals surface area contributed by atoms with Gasteiger partial charge in [-0.3, -0.25) is 9.69 Å². The van der Waals surface area contributed by atoms with Crippen LogP contribution in [0.1, 0.15) is 41.2 Å². The standard InChI is InChI=1S/C28H32N6O2/c1-20-4-3-5-25(16-20)27-31-26(36-32-27)19-33-13-10-24(11-14-33)28(35)30-17-22-6-8-23(9-7-22)18-34-15-12-29-21(34)2/h3-9,12,15-16,24H,10-11,13-14,17-19H2,1-2H3,(H,30,35). The van der Waals surface area contributed by atoms with Gasteiger partial charge in [0.1, 0.15) is 5.82 Å². The number of piperidine rings is 1. The molecule has 3 heterocycles. The lowest BCUT2D eigenvalue weighted by Crippen LogP contribution is -2.40. The Kier molecular flexibility index (Phi) is 7.23. The van der Waals surface area contributed by atoms with Crippen molar-refractivity contribution >= 4 is 5.91 Å². The molecule has 0 atom stereocenters. The summed E-state index contributed by atoms with van der Waals surface area (Å²) in [4.78, 5) is 23.9. The van der Waals surface area contributed by atoms with Crippen LogP contribution in [0.5, 0.6) is 0 Å². The SMILES string of the molecule is Cc1cccc(-c2noc(CN3CCC(C(=O)NCc4ccc(Cn5ccnc5C)cc4)CC3)n2)c1. The summed E-state index contributed by atoms with van der Waals surface area (Å²) in [5.41, 5.74) is 4.44. The highest BCUT2D eigenvalue weighted by Gasteiger charge is 2.26. The highest BCUT2D eigenvalue weighted by molar-refractivity contribution is 5.78. The molecule has 0 bridgehead atoms. The second kappa shape index (κ2) is 10.9. The third kappa shape index (κ3) is 5.88. The number of nitrogens with zero attached hydrogens (tertiary/aromatic N) is 5. The van der Waals surface area contributed by atoms with Gasteiger partial charge in [0.25, 0.3) is 0 Å². The zero-order valence-electron chi connectivity index (χ0n) is 20.9. The van der Waals surface area contributed by atoms with Crippen molar-refractivity contribution in [3.8, 4) is 11.4 Å². The van der Waals surface area contributed by atoms with E-state index in [1.807, 2.05) is 44.4 Å². The fraction of sp³-hybridized carbons (Fsp3) is 0.357. The van der Waals surface area contributed by atoms with Crippen molar-refractivity contribution in [3.63, 3.8) is 0 Å². The summed E-state index contributed by atoms with van der Waals surface area (Å²) in [5, 5.41) is 7.26. The average Bonchev–Trinajstić information content (AvgIpc) is 3.53.